The zero-order valence-electron chi connectivity index (χ0n) is 19.1. The highest BCUT2D eigenvalue weighted by atomic mass is 32.2. The number of hydrogen-bond donors (Lipinski definition) is 0. The standard InChI is InChI=1S/C24H28N4O4S/c1-17-10-12-20(13-11-17)33(30,31)28-14-6-8-19(15-28)24(29)27(3)16-22-25-23(26-32-22)21-9-5-4-7-18(21)2/h4-5,7,9-13,19H,6,8,14-16H2,1-3H3. The maximum absolute atomic E-state index is 13.1. The van der Waals surface area contributed by atoms with Crippen molar-refractivity contribution in [2.45, 2.75) is 38.1 Å². The largest absolute Gasteiger partial charge is 0.337 e. The predicted molar refractivity (Wildman–Crippen MR) is 124 cm³/mol. The molecule has 1 fully saturated rings. The molecule has 1 aromatic heterocycles. The minimum atomic E-state index is -3.64. The molecule has 1 aliphatic rings. The third-order valence-electron chi connectivity index (χ3n) is 5.99. The van der Waals surface area contributed by atoms with E-state index in [0.29, 0.717) is 31.1 Å². The molecular weight excluding hydrogens is 440 g/mol. The van der Waals surface area contributed by atoms with E-state index in [1.807, 2.05) is 38.1 Å². The molecule has 0 bridgehead atoms. The third kappa shape index (κ3) is 4.99. The van der Waals surface area contributed by atoms with Gasteiger partial charge in [0.15, 0.2) is 0 Å². The number of benzene rings is 2. The summed E-state index contributed by atoms with van der Waals surface area (Å²) < 4.78 is 32.9. The number of sulfonamides is 1. The van der Waals surface area contributed by atoms with Crippen molar-refractivity contribution in [3.05, 3.63) is 65.5 Å². The van der Waals surface area contributed by atoms with Gasteiger partial charge in [0.25, 0.3) is 0 Å². The van der Waals surface area contributed by atoms with Crippen LogP contribution in [0.25, 0.3) is 11.4 Å². The van der Waals surface area contributed by atoms with Gasteiger partial charge >= 0.3 is 0 Å². The molecule has 33 heavy (non-hydrogen) atoms. The van der Waals surface area contributed by atoms with Crippen LogP contribution in [0.1, 0.15) is 29.9 Å². The number of carbonyl (C=O) groups excluding carboxylic acids is 1. The van der Waals surface area contributed by atoms with Gasteiger partial charge in [-0.25, -0.2) is 8.42 Å². The Morgan fingerprint density at radius 2 is 1.88 bits per heavy atom. The second-order valence-electron chi connectivity index (χ2n) is 8.54. The number of aromatic nitrogens is 2. The van der Waals surface area contributed by atoms with Crippen molar-refractivity contribution >= 4 is 15.9 Å². The van der Waals surface area contributed by atoms with Gasteiger partial charge in [0.05, 0.1) is 17.4 Å². The first-order valence-corrected chi connectivity index (χ1v) is 12.4. The van der Waals surface area contributed by atoms with Crippen molar-refractivity contribution in [2.24, 2.45) is 5.92 Å². The van der Waals surface area contributed by atoms with Crippen LogP contribution in [0.4, 0.5) is 0 Å². The summed E-state index contributed by atoms with van der Waals surface area (Å²) in [4.78, 5) is 19.3. The summed E-state index contributed by atoms with van der Waals surface area (Å²) in [7, 11) is -1.97. The molecule has 0 spiro atoms. The Balaban J connectivity index is 1.42. The van der Waals surface area contributed by atoms with Crippen LogP contribution in [0.3, 0.4) is 0 Å². The summed E-state index contributed by atoms with van der Waals surface area (Å²) >= 11 is 0. The van der Waals surface area contributed by atoms with Crippen LogP contribution in [-0.2, 0) is 21.4 Å². The van der Waals surface area contributed by atoms with Crippen molar-refractivity contribution in [3.8, 4) is 11.4 Å². The van der Waals surface area contributed by atoms with Gasteiger partial charge in [0, 0.05) is 25.7 Å². The summed E-state index contributed by atoms with van der Waals surface area (Å²) in [6, 6.07) is 14.5. The highest BCUT2D eigenvalue weighted by molar-refractivity contribution is 7.89. The fourth-order valence-corrected chi connectivity index (χ4v) is 5.59. The highest BCUT2D eigenvalue weighted by Gasteiger charge is 2.34. The van der Waals surface area contributed by atoms with Crippen LogP contribution in [0.5, 0.6) is 0 Å². The zero-order valence-corrected chi connectivity index (χ0v) is 19.9. The molecule has 1 saturated heterocycles. The Labute approximate surface area is 194 Å². The summed E-state index contributed by atoms with van der Waals surface area (Å²) in [6.45, 7) is 4.62. The number of hydrogen-bond acceptors (Lipinski definition) is 6. The molecule has 0 radical (unpaired) electrons. The van der Waals surface area contributed by atoms with E-state index in [9.17, 15) is 13.2 Å². The van der Waals surface area contributed by atoms with E-state index >= 15 is 0 Å². The minimum Gasteiger partial charge on any atom is -0.337 e. The fourth-order valence-electron chi connectivity index (χ4n) is 4.07. The number of piperidine rings is 1. The Morgan fingerprint density at radius 3 is 2.61 bits per heavy atom. The van der Waals surface area contributed by atoms with Crippen molar-refractivity contribution in [1.82, 2.24) is 19.3 Å². The lowest BCUT2D eigenvalue weighted by atomic mass is 9.98. The SMILES string of the molecule is Cc1ccc(S(=O)(=O)N2CCCC(C(=O)N(C)Cc3nc(-c4ccccc4C)no3)C2)cc1. The Bertz CT molecular complexity index is 1240. The molecule has 8 nitrogen and oxygen atoms in total. The number of rotatable bonds is 6. The minimum absolute atomic E-state index is 0.130. The average molecular weight is 469 g/mol. The van der Waals surface area contributed by atoms with Crippen molar-refractivity contribution in [1.29, 1.82) is 0 Å². The zero-order chi connectivity index (χ0) is 23.6. The average Bonchev–Trinajstić information content (AvgIpc) is 3.27. The molecule has 1 unspecified atom stereocenters. The lowest BCUT2D eigenvalue weighted by Crippen LogP contribution is -2.45. The molecule has 3 aromatic rings. The van der Waals surface area contributed by atoms with E-state index < -0.39 is 15.9 Å². The molecule has 2 heterocycles. The molecule has 1 aliphatic heterocycles. The summed E-state index contributed by atoms with van der Waals surface area (Å²) in [6.07, 6.45) is 1.27. The van der Waals surface area contributed by atoms with Crippen molar-refractivity contribution in [2.75, 3.05) is 20.1 Å². The normalized spacial score (nSPS) is 17.1. The van der Waals surface area contributed by atoms with Crippen LogP contribution in [0, 0.1) is 19.8 Å². The van der Waals surface area contributed by atoms with Gasteiger partial charge in [-0.3, -0.25) is 4.79 Å². The molecule has 0 saturated carbocycles. The quantitative estimate of drug-likeness (QED) is 0.550. The molecular formula is C24H28N4O4S. The molecule has 1 amide bonds. The van der Waals surface area contributed by atoms with E-state index in [1.54, 1.807) is 31.3 Å². The molecule has 174 valence electrons. The fraction of sp³-hybridized carbons (Fsp3) is 0.375. The smallest absolute Gasteiger partial charge is 0.246 e. The van der Waals surface area contributed by atoms with Crippen LogP contribution in [0.2, 0.25) is 0 Å². The first-order valence-electron chi connectivity index (χ1n) is 11.0. The van der Waals surface area contributed by atoms with Crippen molar-refractivity contribution in [3.63, 3.8) is 0 Å². The summed E-state index contributed by atoms with van der Waals surface area (Å²) in [5.41, 5.74) is 2.91. The maximum Gasteiger partial charge on any atom is 0.246 e. The van der Waals surface area contributed by atoms with Crippen LogP contribution in [-0.4, -0.2) is 53.8 Å². The molecule has 0 N–H and O–H groups in total. The van der Waals surface area contributed by atoms with E-state index in [1.165, 1.54) is 9.21 Å². The molecule has 9 heteroatoms. The second-order valence-corrected chi connectivity index (χ2v) is 10.5. The van der Waals surface area contributed by atoms with Gasteiger partial charge in [-0.2, -0.15) is 9.29 Å². The van der Waals surface area contributed by atoms with Gasteiger partial charge in [-0.1, -0.05) is 47.1 Å². The predicted octanol–water partition coefficient (Wildman–Crippen LogP) is 3.41. The van der Waals surface area contributed by atoms with Gasteiger partial charge < -0.3 is 9.42 Å². The van der Waals surface area contributed by atoms with Gasteiger partial charge in [0.2, 0.25) is 27.6 Å². The third-order valence-corrected chi connectivity index (χ3v) is 7.87. The summed E-state index contributed by atoms with van der Waals surface area (Å²) in [5, 5.41) is 4.04. The number of nitrogens with zero attached hydrogens (tertiary/aromatic N) is 4. The van der Waals surface area contributed by atoms with Crippen LogP contribution in [0.15, 0.2) is 57.9 Å². The maximum atomic E-state index is 13.1. The Hall–Kier alpha value is -3.04. The lowest BCUT2D eigenvalue weighted by molar-refractivity contribution is -0.136. The lowest BCUT2D eigenvalue weighted by Gasteiger charge is -2.33. The van der Waals surface area contributed by atoms with Gasteiger partial charge in [-0.15, -0.1) is 0 Å². The number of aryl methyl sites for hydroxylation is 2. The Kier molecular flexibility index (Phi) is 6.62. The molecule has 2 aromatic carbocycles. The molecule has 4 rings (SSSR count). The molecule has 0 aliphatic carbocycles. The van der Waals surface area contributed by atoms with Crippen LogP contribution < -0.4 is 0 Å². The van der Waals surface area contributed by atoms with Gasteiger partial charge in [-0.05, 0) is 44.4 Å². The van der Waals surface area contributed by atoms with Gasteiger partial charge in [0.1, 0.15) is 0 Å². The first-order chi connectivity index (χ1) is 15.8. The Morgan fingerprint density at radius 1 is 1.15 bits per heavy atom. The van der Waals surface area contributed by atoms with Crippen LogP contribution >= 0.6 is 0 Å². The number of carbonyl (C=O) groups is 1. The van der Waals surface area contributed by atoms with E-state index in [0.717, 1.165) is 16.7 Å². The molecule has 1 atom stereocenters. The van der Waals surface area contributed by atoms with Crippen molar-refractivity contribution < 1.29 is 17.7 Å². The number of amides is 1. The summed E-state index contributed by atoms with van der Waals surface area (Å²) in [5.74, 6) is 0.276. The van der Waals surface area contributed by atoms with E-state index in [-0.39, 0.29) is 23.9 Å². The highest BCUT2D eigenvalue weighted by Crippen LogP contribution is 2.26. The monoisotopic (exact) mass is 468 g/mol. The first kappa shape index (κ1) is 23.1. The van der Waals surface area contributed by atoms with E-state index in [2.05, 4.69) is 10.1 Å². The topological polar surface area (TPSA) is 96.6 Å². The second kappa shape index (κ2) is 9.44. The van der Waals surface area contributed by atoms with E-state index in [4.69, 9.17) is 4.52 Å².